The largest absolute Gasteiger partial charge is 0.697 e. The van der Waals surface area contributed by atoms with Crippen molar-refractivity contribution in [3.8, 4) is 0 Å². The van der Waals surface area contributed by atoms with Gasteiger partial charge < -0.3 is 9.84 Å². The van der Waals surface area contributed by atoms with Crippen LogP contribution in [0.15, 0.2) is 21.9 Å². The van der Waals surface area contributed by atoms with Crippen molar-refractivity contribution in [2.24, 2.45) is 5.92 Å². The van der Waals surface area contributed by atoms with Crippen molar-refractivity contribution in [1.29, 1.82) is 0 Å². The highest BCUT2D eigenvalue weighted by atomic mass is 31.1. The van der Waals surface area contributed by atoms with E-state index in [-0.39, 0.29) is 6.10 Å². The van der Waals surface area contributed by atoms with Crippen molar-refractivity contribution >= 4 is 8.25 Å². The highest BCUT2D eigenvalue weighted by Crippen LogP contribution is 2.51. The molecule has 5 unspecified atom stereocenters. The Labute approximate surface area is 156 Å². The maximum atomic E-state index is 14.1. The van der Waals surface area contributed by atoms with Crippen LogP contribution in [0.1, 0.15) is 40.3 Å². The topological polar surface area (TPSA) is 120 Å². The lowest BCUT2D eigenvalue weighted by molar-refractivity contribution is -0.132. The molecule has 0 aromatic carbocycles. The van der Waals surface area contributed by atoms with Crippen LogP contribution in [-0.2, 0) is 18.3 Å². The number of nitrogens with one attached hydrogen (secondary N) is 1. The Morgan fingerprint density at radius 1 is 1.48 bits per heavy atom. The minimum atomic E-state index is -2.50. The van der Waals surface area contributed by atoms with Gasteiger partial charge >= 0.3 is 13.9 Å². The quantitative estimate of drug-likeness (QED) is 0.629. The van der Waals surface area contributed by atoms with E-state index in [1.54, 1.807) is 20.8 Å². The SMILES string of the molecule is CCC1C(CF)(CO[P+](=O)OC(C)C)OC(n2ccc(=O)[nH]c2=O)C1(C)O. The van der Waals surface area contributed by atoms with E-state index in [0.29, 0.717) is 6.42 Å². The van der Waals surface area contributed by atoms with Crippen LogP contribution < -0.4 is 11.2 Å². The molecular weight excluding hydrogens is 382 g/mol. The van der Waals surface area contributed by atoms with Gasteiger partial charge in [0.25, 0.3) is 5.56 Å². The van der Waals surface area contributed by atoms with Crippen LogP contribution in [0.2, 0.25) is 0 Å². The van der Waals surface area contributed by atoms with Crippen LogP contribution >= 0.6 is 8.25 Å². The highest BCUT2D eigenvalue weighted by Gasteiger charge is 2.62. The fourth-order valence-corrected chi connectivity index (χ4v) is 4.26. The third-order valence-corrected chi connectivity index (χ3v) is 5.57. The molecule has 152 valence electrons. The molecule has 2 heterocycles. The van der Waals surface area contributed by atoms with E-state index in [4.69, 9.17) is 13.8 Å². The molecule has 9 nitrogen and oxygen atoms in total. The molecule has 0 spiro atoms. The molecule has 0 bridgehead atoms. The average Bonchev–Trinajstić information content (AvgIpc) is 2.79. The molecule has 2 rings (SSSR count). The fraction of sp³-hybridized carbons (Fsp3) is 0.750. The van der Waals surface area contributed by atoms with Crippen LogP contribution in [0.4, 0.5) is 4.39 Å². The Kier molecular flexibility index (Phi) is 6.70. The number of nitrogens with zero attached hydrogens (tertiary/aromatic N) is 1. The molecule has 0 aliphatic carbocycles. The first kappa shape index (κ1) is 21.8. The highest BCUT2D eigenvalue weighted by molar-refractivity contribution is 7.33. The third-order valence-electron chi connectivity index (χ3n) is 4.64. The van der Waals surface area contributed by atoms with Crippen molar-refractivity contribution in [3.63, 3.8) is 0 Å². The van der Waals surface area contributed by atoms with Crippen LogP contribution in [0.3, 0.4) is 0 Å². The van der Waals surface area contributed by atoms with Gasteiger partial charge in [-0.25, -0.2) is 9.18 Å². The number of aliphatic hydroxyl groups is 1. The van der Waals surface area contributed by atoms with E-state index in [0.717, 1.165) is 10.6 Å². The summed E-state index contributed by atoms with van der Waals surface area (Å²) in [7, 11) is -2.50. The van der Waals surface area contributed by atoms with E-state index < -0.39 is 56.1 Å². The zero-order valence-electron chi connectivity index (χ0n) is 15.7. The molecule has 1 aromatic rings. The van der Waals surface area contributed by atoms with Gasteiger partial charge in [-0.3, -0.25) is 14.3 Å². The smallest absolute Gasteiger partial charge is 0.385 e. The van der Waals surface area contributed by atoms with E-state index >= 15 is 0 Å². The van der Waals surface area contributed by atoms with E-state index in [9.17, 15) is 23.7 Å². The van der Waals surface area contributed by atoms with Crippen molar-refractivity contribution in [1.82, 2.24) is 9.55 Å². The van der Waals surface area contributed by atoms with Crippen molar-refractivity contribution in [2.75, 3.05) is 13.3 Å². The summed E-state index contributed by atoms with van der Waals surface area (Å²) in [5.74, 6) is -0.777. The molecule has 1 aliphatic heterocycles. The maximum absolute atomic E-state index is 14.1. The number of ether oxygens (including phenoxy) is 1. The molecule has 0 radical (unpaired) electrons. The number of hydrogen-bond acceptors (Lipinski definition) is 7. The van der Waals surface area contributed by atoms with Crippen LogP contribution in [0, 0.1) is 5.92 Å². The van der Waals surface area contributed by atoms with Gasteiger partial charge in [-0.15, -0.1) is 9.05 Å². The zero-order chi connectivity index (χ0) is 20.4. The van der Waals surface area contributed by atoms with E-state index in [1.807, 2.05) is 0 Å². The number of aromatic amines is 1. The second kappa shape index (κ2) is 8.28. The van der Waals surface area contributed by atoms with Crippen LogP contribution in [0.5, 0.6) is 0 Å². The Morgan fingerprint density at radius 3 is 2.67 bits per heavy atom. The van der Waals surface area contributed by atoms with Crippen molar-refractivity contribution < 1.29 is 27.8 Å². The summed E-state index contributed by atoms with van der Waals surface area (Å²) in [4.78, 5) is 25.5. The van der Waals surface area contributed by atoms with E-state index in [1.165, 1.54) is 13.1 Å². The molecule has 2 N–H and O–H groups in total. The molecule has 27 heavy (non-hydrogen) atoms. The number of alkyl halides is 1. The molecule has 1 aromatic heterocycles. The molecule has 1 aliphatic rings. The first-order valence-electron chi connectivity index (χ1n) is 8.62. The van der Waals surface area contributed by atoms with Crippen molar-refractivity contribution in [2.45, 2.75) is 57.6 Å². The predicted octanol–water partition coefficient (Wildman–Crippen LogP) is 1.65. The van der Waals surface area contributed by atoms with Gasteiger partial charge in [0.05, 0.1) is 0 Å². The molecule has 5 atom stereocenters. The number of rotatable bonds is 8. The summed E-state index contributed by atoms with van der Waals surface area (Å²) in [5, 5.41) is 11.0. The van der Waals surface area contributed by atoms with Crippen molar-refractivity contribution in [3.05, 3.63) is 33.1 Å². The molecule has 0 saturated carbocycles. The number of halogens is 1. The monoisotopic (exact) mass is 407 g/mol. The fourth-order valence-electron chi connectivity index (χ4n) is 3.53. The summed E-state index contributed by atoms with van der Waals surface area (Å²) < 4.78 is 42.9. The van der Waals surface area contributed by atoms with Gasteiger partial charge in [0.15, 0.2) is 6.23 Å². The van der Waals surface area contributed by atoms with Crippen LogP contribution in [-0.4, -0.2) is 45.2 Å². The predicted molar refractivity (Wildman–Crippen MR) is 94.3 cm³/mol. The molecular formula is C16H25FN2O7P+. The van der Waals surface area contributed by atoms with Crippen LogP contribution in [0.25, 0.3) is 0 Å². The van der Waals surface area contributed by atoms with E-state index in [2.05, 4.69) is 4.98 Å². The minimum absolute atomic E-state index is 0.302. The normalized spacial score (nSPS) is 31.4. The first-order chi connectivity index (χ1) is 12.6. The Hall–Kier alpha value is -1.45. The Morgan fingerprint density at radius 2 is 2.15 bits per heavy atom. The summed E-state index contributed by atoms with van der Waals surface area (Å²) in [5.41, 5.74) is -4.70. The van der Waals surface area contributed by atoms with Gasteiger partial charge in [0, 0.05) is 22.7 Å². The van der Waals surface area contributed by atoms with Gasteiger partial charge in [-0.1, -0.05) is 6.92 Å². The lowest BCUT2D eigenvalue weighted by atomic mass is 9.77. The number of H-pyrrole nitrogens is 1. The summed E-state index contributed by atoms with van der Waals surface area (Å²) in [6.45, 7) is 5.02. The minimum Gasteiger partial charge on any atom is -0.385 e. The standard InChI is InChI=1S/C16H24FN2O7P/c1-5-11-15(4,22)13(19-7-6-12(20)18-14(19)21)25-16(11,8-17)9-24-27(23)26-10(2)3/h6-7,10-11,13,22H,5,8-9H2,1-4H3/p+1. The number of aromatic nitrogens is 2. The Bertz CT molecular complexity index is 793. The third kappa shape index (κ3) is 4.35. The average molecular weight is 407 g/mol. The Balaban J connectivity index is 2.36. The zero-order valence-corrected chi connectivity index (χ0v) is 16.6. The van der Waals surface area contributed by atoms with Gasteiger partial charge in [-0.2, -0.15) is 0 Å². The van der Waals surface area contributed by atoms with Gasteiger partial charge in [-0.05, 0) is 27.2 Å². The van der Waals surface area contributed by atoms with Gasteiger partial charge in [0.1, 0.15) is 30.6 Å². The second-order valence-corrected chi connectivity index (χ2v) is 7.94. The first-order valence-corrected chi connectivity index (χ1v) is 9.71. The molecule has 1 saturated heterocycles. The molecule has 11 heteroatoms. The summed E-state index contributed by atoms with van der Waals surface area (Å²) in [6.07, 6.45) is -0.145. The second-order valence-electron chi connectivity index (χ2n) is 7.02. The lowest BCUT2D eigenvalue weighted by Crippen LogP contribution is -2.48. The number of hydrogen-bond donors (Lipinski definition) is 2. The molecule has 0 amide bonds. The maximum Gasteiger partial charge on any atom is 0.697 e. The molecule has 1 fully saturated rings. The van der Waals surface area contributed by atoms with Gasteiger partial charge in [0.2, 0.25) is 0 Å². The lowest BCUT2D eigenvalue weighted by Gasteiger charge is -2.33. The summed E-state index contributed by atoms with van der Waals surface area (Å²) >= 11 is 0. The summed E-state index contributed by atoms with van der Waals surface area (Å²) in [6, 6.07) is 1.10.